The molecule has 1 amide bonds. The van der Waals surface area contributed by atoms with Crippen molar-refractivity contribution in [1.82, 2.24) is 5.32 Å². The van der Waals surface area contributed by atoms with E-state index >= 15 is 0 Å². The van der Waals surface area contributed by atoms with Gasteiger partial charge in [-0.05, 0) is 12.5 Å². The van der Waals surface area contributed by atoms with Crippen molar-refractivity contribution in [2.24, 2.45) is 0 Å². The van der Waals surface area contributed by atoms with Crippen molar-refractivity contribution < 1.29 is 62.8 Å². The van der Waals surface area contributed by atoms with Gasteiger partial charge in [-0.1, -0.05) is 36.9 Å². The van der Waals surface area contributed by atoms with Gasteiger partial charge in [-0.3, -0.25) is 9.35 Å². The molecule has 34 heavy (non-hydrogen) atoms. The van der Waals surface area contributed by atoms with Crippen LogP contribution in [0.1, 0.15) is 18.9 Å². The van der Waals surface area contributed by atoms with Gasteiger partial charge in [-0.15, -0.1) is 0 Å². The monoisotopic (exact) mass is 525 g/mol. The van der Waals surface area contributed by atoms with Gasteiger partial charge in [0.25, 0.3) is 0 Å². The third-order valence-corrected chi connectivity index (χ3v) is 4.97. The molecule has 0 saturated heterocycles. The smallest absolute Gasteiger partial charge is 0.412 e. The number of halogens is 7. The second-order valence-corrected chi connectivity index (χ2v) is 8.21. The molecule has 0 saturated carbocycles. The maximum atomic E-state index is 13.9. The Hall–Kier alpha value is -2.72. The molecule has 8 nitrogen and oxygen atoms in total. The first-order valence-corrected chi connectivity index (χ1v) is 10.4. The highest BCUT2D eigenvalue weighted by molar-refractivity contribution is 7.87. The Balaban J connectivity index is 3.28. The Morgan fingerprint density at radius 2 is 1.59 bits per heavy atom. The Labute approximate surface area is 188 Å². The SMILES string of the molecule is C=C(C)C(=O)OC(OCCC(F)(F)C(F)(F)S(=O)(=O)O)(C(=O)NCc1ccccc1)C(F)(F)F. The quantitative estimate of drug-likeness (QED) is 0.150. The van der Waals surface area contributed by atoms with Crippen LogP contribution in [0.2, 0.25) is 0 Å². The number of hydrogen-bond acceptors (Lipinski definition) is 6. The van der Waals surface area contributed by atoms with Crippen LogP contribution in [-0.4, -0.2) is 54.6 Å². The lowest BCUT2D eigenvalue weighted by atomic mass is 10.2. The minimum absolute atomic E-state index is 0.262. The number of amides is 1. The molecule has 1 aromatic rings. The lowest BCUT2D eigenvalue weighted by Gasteiger charge is -2.34. The first-order valence-electron chi connectivity index (χ1n) is 8.93. The third-order valence-electron chi connectivity index (χ3n) is 4.02. The molecule has 0 heterocycles. The van der Waals surface area contributed by atoms with E-state index in [1.807, 2.05) is 0 Å². The van der Waals surface area contributed by atoms with Gasteiger partial charge >= 0.3 is 45.1 Å². The summed E-state index contributed by atoms with van der Waals surface area (Å²) in [4.78, 5) is 24.2. The summed E-state index contributed by atoms with van der Waals surface area (Å²) in [6.45, 7) is 1.24. The molecule has 0 aliphatic heterocycles. The van der Waals surface area contributed by atoms with Gasteiger partial charge in [-0.2, -0.15) is 39.2 Å². The number of nitrogens with one attached hydrogen (secondary N) is 1. The number of rotatable bonds is 11. The van der Waals surface area contributed by atoms with E-state index in [1.165, 1.54) is 24.3 Å². The van der Waals surface area contributed by atoms with Crippen LogP contribution < -0.4 is 5.32 Å². The zero-order chi connectivity index (χ0) is 26.6. The van der Waals surface area contributed by atoms with Crippen LogP contribution >= 0.6 is 0 Å². The molecular weight excluding hydrogens is 507 g/mol. The summed E-state index contributed by atoms with van der Waals surface area (Å²) in [5.74, 6) is -14.3. The molecule has 0 aromatic heterocycles. The third kappa shape index (κ3) is 6.44. The normalized spacial score (nSPS) is 14.7. The molecule has 0 fully saturated rings. The average molecular weight is 525 g/mol. The molecule has 0 spiro atoms. The maximum absolute atomic E-state index is 13.9. The predicted octanol–water partition coefficient (Wildman–Crippen LogP) is 3.20. The highest BCUT2D eigenvalue weighted by Gasteiger charge is 2.68. The van der Waals surface area contributed by atoms with Crippen molar-refractivity contribution in [2.45, 2.75) is 43.0 Å². The summed E-state index contributed by atoms with van der Waals surface area (Å²) in [5, 5.41) is -4.37. The zero-order valence-electron chi connectivity index (χ0n) is 17.2. The van der Waals surface area contributed by atoms with Crippen molar-refractivity contribution in [1.29, 1.82) is 0 Å². The minimum Gasteiger partial charge on any atom is -0.412 e. The predicted molar refractivity (Wildman–Crippen MR) is 100.0 cm³/mol. The van der Waals surface area contributed by atoms with Gasteiger partial charge in [0.2, 0.25) is 0 Å². The molecule has 2 N–H and O–H groups in total. The van der Waals surface area contributed by atoms with E-state index in [0.717, 1.165) is 6.92 Å². The van der Waals surface area contributed by atoms with Crippen LogP contribution in [-0.2, 0) is 35.7 Å². The molecule has 0 aliphatic rings. The molecule has 0 bridgehead atoms. The number of carbonyl (C=O) groups excluding carboxylic acids is 2. The van der Waals surface area contributed by atoms with Crippen LogP contribution in [0.4, 0.5) is 30.7 Å². The summed E-state index contributed by atoms with van der Waals surface area (Å²) in [6, 6.07) is 7.25. The molecule has 192 valence electrons. The van der Waals surface area contributed by atoms with Gasteiger partial charge in [0, 0.05) is 18.5 Å². The van der Waals surface area contributed by atoms with Crippen LogP contribution in [0.3, 0.4) is 0 Å². The van der Waals surface area contributed by atoms with Gasteiger partial charge in [-0.25, -0.2) is 4.79 Å². The van der Waals surface area contributed by atoms with Crippen LogP contribution in [0.15, 0.2) is 42.5 Å². The second-order valence-electron chi connectivity index (χ2n) is 6.75. The van der Waals surface area contributed by atoms with Crippen molar-refractivity contribution in [3.05, 3.63) is 48.0 Å². The van der Waals surface area contributed by atoms with Crippen LogP contribution in [0, 0.1) is 0 Å². The van der Waals surface area contributed by atoms with Gasteiger partial charge in [0.15, 0.2) is 0 Å². The van der Waals surface area contributed by atoms with Gasteiger partial charge in [0.1, 0.15) is 0 Å². The number of hydrogen-bond donors (Lipinski definition) is 2. The molecule has 1 unspecified atom stereocenters. The van der Waals surface area contributed by atoms with E-state index < -0.39 is 70.3 Å². The molecule has 1 aromatic carbocycles. The van der Waals surface area contributed by atoms with E-state index in [2.05, 4.69) is 16.1 Å². The fourth-order valence-electron chi connectivity index (χ4n) is 2.18. The van der Waals surface area contributed by atoms with E-state index in [9.17, 15) is 48.7 Å². The lowest BCUT2D eigenvalue weighted by molar-refractivity contribution is -0.349. The maximum Gasteiger partial charge on any atom is 0.466 e. The summed E-state index contributed by atoms with van der Waals surface area (Å²) in [7, 11) is -6.68. The van der Waals surface area contributed by atoms with E-state index in [-0.39, 0.29) is 5.56 Å². The molecule has 16 heteroatoms. The molecule has 1 atom stereocenters. The Morgan fingerprint density at radius 3 is 2.03 bits per heavy atom. The van der Waals surface area contributed by atoms with Crippen LogP contribution in [0.25, 0.3) is 0 Å². The van der Waals surface area contributed by atoms with E-state index in [0.29, 0.717) is 0 Å². The lowest BCUT2D eigenvalue weighted by Crippen LogP contribution is -2.61. The van der Waals surface area contributed by atoms with Crippen molar-refractivity contribution in [3.8, 4) is 0 Å². The van der Waals surface area contributed by atoms with Crippen LogP contribution in [0.5, 0.6) is 0 Å². The molecule has 0 aliphatic carbocycles. The van der Waals surface area contributed by atoms with E-state index in [4.69, 9.17) is 4.55 Å². The first-order chi connectivity index (χ1) is 15.3. The topological polar surface area (TPSA) is 119 Å². The first kappa shape index (κ1) is 29.3. The molecule has 1 rings (SSSR count). The summed E-state index contributed by atoms with van der Waals surface area (Å²) in [6.07, 6.45) is -8.37. The van der Waals surface area contributed by atoms with Gasteiger partial charge in [0.05, 0.1) is 6.61 Å². The van der Waals surface area contributed by atoms with E-state index in [1.54, 1.807) is 11.4 Å². The number of ether oxygens (including phenoxy) is 2. The molecular formula is C18H18F7NO7S. The highest BCUT2D eigenvalue weighted by Crippen LogP contribution is 2.42. The fourth-order valence-corrected chi connectivity index (χ4v) is 2.66. The summed E-state index contributed by atoms with van der Waals surface area (Å²) < 4.78 is 133. The fraction of sp³-hybridized carbons (Fsp3) is 0.444. The Kier molecular flexibility index (Phi) is 8.85. The van der Waals surface area contributed by atoms with Gasteiger partial charge < -0.3 is 14.8 Å². The largest absolute Gasteiger partial charge is 0.466 e. The van der Waals surface area contributed by atoms with Crippen molar-refractivity contribution in [3.63, 3.8) is 0 Å². The minimum atomic E-state index is -6.68. The number of benzene rings is 1. The zero-order valence-corrected chi connectivity index (χ0v) is 18.0. The second kappa shape index (κ2) is 10.3. The standard InChI is InChI=1S/C18H18F7NO7S/c1-11(2)13(27)33-16(17(21,22)23,14(28)26-10-12-6-4-3-5-7-12)32-9-8-15(19,20)18(24,25)34(29,30)31/h3-7H,1,8-10H2,2H3,(H,26,28)(H,29,30,31). The van der Waals surface area contributed by atoms with Crippen molar-refractivity contribution in [2.75, 3.05) is 6.61 Å². The highest BCUT2D eigenvalue weighted by atomic mass is 32.2. The number of carbonyl (C=O) groups is 2. The summed E-state index contributed by atoms with van der Waals surface area (Å²) >= 11 is 0. The Morgan fingerprint density at radius 1 is 1.06 bits per heavy atom. The Bertz CT molecular complexity index is 1010. The number of esters is 1. The molecule has 0 radical (unpaired) electrons. The average Bonchev–Trinajstić information content (AvgIpc) is 2.69. The summed E-state index contributed by atoms with van der Waals surface area (Å²) in [5.41, 5.74) is -0.409. The number of alkyl halides is 7. The van der Waals surface area contributed by atoms with Crippen molar-refractivity contribution >= 4 is 22.0 Å².